The van der Waals surface area contributed by atoms with E-state index in [1.54, 1.807) is 12.1 Å². The summed E-state index contributed by atoms with van der Waals surface area (Å²) in [6.07, 6.45) is 1.08. The Balaban J connectivity index is 2.35. The Hall–Kier alpha value is -1.79. The highest BCUT2D eigenvalue weighted by atomic mass is 35.5. The van der Waals surface area contributed by atoms with Crippen molar-refractivity contribution < 1.29 is 9.72 Å². The minimum atomic E-state index is -0.573. The molecule has 0 saturated carbocycles. The highest BCUT2D eigenvalue weighted by molar-refractivity contribution is 7.16. The normalized spacial score (nSPS) is 10.3. The molecule has 2 rings (SSSR count). The van der Waals surface area contributed by atoms with Gasteiger partial charge in [-0.05, 0) is 29.9 Å². The Kier molecular flexibility index (Phi) is 3.40. The number of thiazole rings is 1. The van der Waals surface area contributed by atoms with Gasteiger partial charge in [0.15, 0.2) is 5.01 Å². The second-order valence-electron chi connectivity index (χ2n) is 3.55. The number of hydrogen-bond donors (Lipinski definition) is 0. The largest absolute Gasteiger partial charge is 0.344 e. The first-order valence-electron chi connectivity index (χ1n) is 4.90. The molecule has 0 saturated heterocycles. The van der Waals surface area contributed by atoms with Gasteiger partial charge in [0.25, 0.3) is 0 Å². The summed E-state index contributed by atoms with van der Waals surface area (Å²) in [5.74, 6) is -0.366. The lowest BCUT2D eigenvalue weighted by atomic mass is 10.1. The van der Waals surface area contributed by atoms with Crippen LogP contribution in [-0.4, -0.2) is 15.7 Å². The standard InChI is InChI=1S/C11H7ClN2O3S/c1-6-2-3-7(4-8(6)12)10(15)11-13-5-9(18-11)14(16)17/h2-5H,1H3. The van der Waals surface area contributed by atoms with Crippen molar-refractivity contribution in [3.8, 4) is 0 Å². The zero-order chi connectivity index (χ0) is 13.3. The molecule has 0 amide bonds. The highest BCUT2D eigenvalue weighted by Gasteiger charge is 2.18. The molecule has 5 nitrogen and oxygen atoms in total. The topological polar surface area (TPSA) is 73.1 Å². The molecule has 92 valence electrons. The Labute approximate surface area is 111 Å². The van der Waals surface area contributed by atoms with Crippen LogP contribution in [0, 0.1) is 17.0 Å². The minimum absolute atomic E-state index is 0.0848. The van der Waals surface area contributed by atoms with Crippen molar-refractivity contribution in [2.75, 3.05) is 0 Å². The number of aryl methyl sites for hydroxylation is 1. The van der Waals surface area contributed by atoms with Gasteiger partial charge in [0.2, 0.25) is 5.78 Å². The van der Waals surface area contributed by atoms with Crippen molar-refractivity contribution in [1.29, 1.82) is 0 Å². The van der Waals surface area contributed by atoms with Gasteiger partial charge in [-0.2, -0.15) is 0 Å². The van der Waals surface area contributed by atoms with E-state index < -0.39 is 4.92 Å². The molecular formula is C11H7ClN2O3S. The number of rotatable bonds is 3. The first-order chi connectivity index (χ1) is 8.49. The van der Waals surface area contributed by atoms with Crippen molar-refractivity contribution in [2.24, 2.45) is 0 Å². The second-order valence-corrected chi connectivity index (χ2v) is 4.97. The average Bonchev–Trinajstić information content (AvgIpc) is 2.81. The van der Waals surface area contributed by atoms with Gasteiger partial charge in [-0.15, -0.1) is 0 Å². The van der Waals surface area contributed by atoms with E-state index in [4.69, 9.17) is 11.6 Å². The van der Waals surface area contributed by atoms with Gasteiger partial charge in [-0.3, -0.25) is 14.9 Å². The van der Waals surface area contributed by atoms with Crippen molar-refractivity contribution in [3.05, 3.63) is 55.7 Å². The molecule has 7 heteroatoms. The fourth-order valence-electron chi connectivity index (χ4n) is 1.31. The summed E-state index contributed by atoms with van der Waals surface area (Å²) in [7, 11) is 0. The van der Waals surface area contributed by atoms with Gasteiger partial charge in [0.1, 0.15) is 6.20 Å². The predicted molar refractivity (Wildman–Crippen MR) is 68.4 cm³/mol. The quantitative estimate of drug-likeness (QED) is 0.492. The molecule has 0 spiro atoms. The number of benzene rings is 1. The van der Waals surface area contributed by atoms with Crippen molar-refractivity contribution in [2.45, 2.75) is 6.92 Å². The smallest absolute Gasteiger partial charge is 0.286 e. The monoisotopic (exact) mass is 282 g/mol. The molecule has 0 fully saturated rings. The van der Waals surface area contributed by atoms with Gasteiger partial charge >= 0.3 is 5.00 Å². The zero-order valence-electron chi connectivity index (χ0n) is 9.21. The van der Waals surface area contributed by atoms with Gasteiger partial charge < -0.3 is 0 Å². The van der Waals surface area contributed by atoms with Gasteiger partial charge in [-0.25, -0.2) is 4.98 Å². The summed E-state index contributed by atoms with van der Waals surface area (Å²) in [5, 5.41) is 10.9. The predicted octanol–water partition coefficient (Wildman–Crippen LogP) is 3.24. The first kappa shape index (κ1) is 12.7. The number of ketones is 1. The van der Waals surface area contributed by atoms with Crippen LogP contribution >= 0.6 is 22.9 Å². The van der Waals surface area contributed by atoms with Crippen molar-refractivity contribution >= 4 is 33.7 Å². The molecule has 0 N–H and O–H groups in total. The summed E-state index contributed by atoms with van der Waals surface area (Å²) in [4.78, 5) is 25.7. The van der Waals surface area contributed by atoms with E-state index in [9.17, 15) is 14.9 Å². The van der Waals surface area contributed by atoms with Crippen LogP contribution in [0.1, 0.15) is 20.9 Å². The zero-order valence-corrected chi connectivity index (χ0v) is 10.8. The molecule has 1 aromatic heterocycles. The molecule has 0 aliphatic rings. The van der Waals surface area contributed by atoms with E-state index >= 15 is 0 Å². The van der Waals surface area contributed by atoms with Crippen LogP contribution in [0.25, 0.3) is 0 Å². The maximum absolute atomic E-state index is 12.0. The van der Waals surface area contributed by atoms with Crippen LogP contribution < -0.4 is 0 Å². The lowest BCUT2D eigenvalue weighted by Crippen LogP contribution is -2.00. The molecule has 0 radical (unpaired) electrons. The molecule has 18 heavy (non-hydrogen) atoms. The Morgan fingerprint density at radius 1 is 1.50 bits per heavy atom. The SMILES string of the molecule is Cc1ccc(C(=O)c2ncc([N+](=O)[O-])s2)cc1Cl. The number of carbonyl (C=O) groups is 1. The summed E-state index contributed by atoms with van der Waals surface area (Å²) < 4.78 is 0. The maximum atomic E-state index is 12.0. The van der Waals surface area contributed by atoms with E-state index in [2.05, 4.69) is 4.98 Å². The lowest BCUT2D eigenvalue weighted by Gasteiger charge is -2.00. The number of carbonyl (C=O) groups excluding carboxylic acids is 1. The van der Waals surface area contributed by atoms with Crippen LogP contribution in [0.5, 0.6) is 0 Å². The summed E-state index contributed by atoms with van der Waals surface area (Å²) in [6.45, 7) is 1.82. The summed E-state index contributed by atoms with van der Waals surface area (Å²) in [5.41, 5.74) is 1.23. The average molecular weight is 283 g/mol. The number of hydrogen-bond acceptors (Lipinski definition) is 5. The molecule has 0 atom stereocenters. The summed E-state index contributed by atoms with van der Waals surface area (Å²) in [6, 6.07) is 4.88. The first-order valence-corrected chi connectivity index (χ1v) is 6.09. The Morgan fingerprint density at radius 3 is 2.78 bits per heavy atom. The highest BCUT2D eigenvalue weighted by Crippen LogP contribution is 2.24. The molecule has 0 aliphatic carbocycles. The molecule has 0 unspecified atom stereocenters. The van der Waals surface area contributed by atoms with Crippen LogP contribution in [0.3, 0.4) is 0 Å². The summed E-state index contributed by atoms with van der Waals surface area (Å²) >= 11 is 6.67. The lowest BCUT2D eigenvalue weighted by molar-refractivity contribution is -0.380. The van der Waals surface area contributed by atoms with Gasteiger partial charge in [0.05, 0.1) is 4.92 Å². The molecular weight excluding hydrogens is 276 g/mol. The van der Waals surface area contributed by atoms with Crippen LogP contribution in [0.15, 0.2) is 24.4 Å². The molecule has 1 aromatic carbocycles. The van der Waals surface area contributed by atoms with Gasteiger partial charge in [-0.1, -0.05) is 23.7 Å². The van der Waals surface area contributed by atoms with Gasteiger partial charge in [0, 0.05) is 10.6 Å². The van der Waals surface area contributed by atoms with E-state index in [1.807, 2.05) is 6.92 Å². The van der Waals surface area contributed by atoms with Crippen LogP contribution in [0.4, 0.5) is 5.00 Å². The second kappa shape index (κ2) is 4.83. The molecule has 2 aromatic rings. The van der Waals surface area contributed by atoms with Crippen molar-refractivity contribution in [1.82, 2.24) is 4.98 Å². The van der Waals surface area contributed by atoms with E-state index in [-0.39, 0.29) is 15.8 Å². The third-order valence-corrected chi connectivity index (χ3v) is 3.66. The van der Waals surface area contributed by atoms with Crippen molar-refractivity contribution in [3.63, 3.8) is 0 Å². The third-order valence-electron chi connectivity index (χ3n) is 2.30. The number of halogens is 1. The Morgan fingerprint density at radius 2 is 2.22 bits per heavy atom. The number of aromatic nitrogens is 1. The number of nitro groups is 1. The third kappa shape index (κ3) is 2.39. The fraction of sp³-hybridized carbons (Fsp3) is 0.0909. The van der Waals surface area contributed by atoms with Crippen LogP contribution in [0.2, 0.25) is 5.02 Å². The van der Waals surface area contributed by atoms with E-state index in [0.29, 0.717) is 10.6 Å². The Bertz CT molecular complexity index is 639. The fourth-order valence-corrected chi connectivity index (χ4v) is 2.19. The minimum Gasteiger partial charge on any atom is -0.286 e. The molecule has 0 aliphatic heterocycles. The number of nitrogens with zero attached hydrogens (tertiary/aromatic N) is 2. The van der Waals surface area contributed by atoms with E-state index in [0.717, 1.165) is 23.1 Å². The molecule has 1 heterocycles. The molecule has 0 bridgehead atoms. The maximum Gasteiger partial charge on any atom is 0.344 e. The van der Waals surface area contributed by atoms with E-state index in [1.165, 1.54) is 6.07 Å². The van der Waals surface area contributed by atoms with Crippen LogP contribution in [-0.2, 0) is 0 Å².